The van der Waals surface area contributed by atoms with Gasteiger partial charge in [0.1, 0.15) is 17.7 Å². The van der Waals surface area contributed by atoms with Gasteiger partial charge in [0, 0.05) is 12.1 Å². The lowest BCUT2D eigenvalue weighted by atomic mass is 10.1. The van der Waals surface area contributed by atoms with E-state index < -0.39 is 33.2 Å². The Labute approximate surface area is 193 Å². The maximum Gasteiger partial charge on any atom is 0.338 e. The van der Waals surface area contributed by atoms with E-state index in [-0.39, 0.29) is 22.1 Å². The van der Waals surface area contributed by atoms with Gasteiger partial charge in [0.15, 0.2) is 16.8 Å². The number of nitro benzene ring substituents is 2. The molecule has 0 saturated heterocycles. The van der Waals surface area contributed by atoms with Gasteiger partial charge in [-0.1, -0.05) is 50.8 Å². The van der Waals surface area contributed by atoms with Gasteiger partial charge in [-0.2, -0.15) is 0 Å². The van der Waals surface area contributed by atoms with Gasteiger partial charge in [-0.15, -0.1) is 0 Å². The van der Waals surface area contributed by atoms with Gasteiger partial charge in [-0.3, -0.25) is 25.2 Å². The Bertz CT molecular complexity index is 1030. The second-order valence-corrected chi connectivity index (χ2v) is 8.26. The summed E-state index contributed by atoms with van der Waals surface area (Å²) in [5, 5.41) is 23.7. The minimum atomic E-state index is -0.844. The number of amidine groups is 1. The lowest BCUT2D eigenvalue weighted by molar-refractivity contribution is -0.399. The number of benzene rings is 1. The summed E-state index contributed by atoms with van der Waals surface area (Å²) in [5.74, 6) is -0.504. The predicted molar refractivity (Wildman–Crippen MR) is 125 cm³/mol. The van der Waals surface area contributed by atoms with Gasteiger partial charge in [0.2, 0.25) is 0 Å². The number of nitrogens with zero attached hydrogens (tertiary/aromatic N) is 6. The Morgan fingerprint density at radius 3 is 2.36 bits per heavy atom. The number of rotatable bonds is 11. The first kappa shape index (κ1) is 24.2. The molecule has 33 heavy (non-hydrogen) atoms. The molecule has 0 aromatic heterocycles. The van der Waals surface area contributed by atoms with Gasteiger partial charge in [-0.05, 0) is 6.42 Å². The zero-order valence-electron chi connectivity index (χ0n) is 17.9. The maximum absolute atomic E-state index is 12.4. The third-order valence-corrected chi connectivity index (χ3v) is 6.04. The minimum absolute atomic E-state index is 0.140. The number of fused-ring (bicyclic) bond motifs is 1. The summed E-state index contributed by atoms with van der Waals surface area (Å²) < 4.78 is 5.18. The van der Waals surface area contributed by atoms with Crippen LogP contribution in [0.25, 0.3) is 0 Å². The average Bonchev–Trinajstić information content (AvgIpc) is 3.28. The van der Waals surface area contributed by atoms with Crippen LogP contribution in [0.4, 0.5) is 11.4 Å². The molecule has 2 heterocycles. The normalized spacial score (nSPS) is 16.2. The van der Waals surface area contributed by atoms with E-state index in [4.69, 9.17) is 4.74 Å². The van der Waals surface area contributed by atoms with Crippen molar-refractivity contribution in [1.82, 2.24) is 0 Å². The summed E-state index contributed by atoms with van der Waals surface area (Å²) >= 11 is 0.731. The topological polar surface area (TPSA) is 162 Å². The van der Waals surface area contributed by atoms with Crippen LogP contribution in [0.1, 0.15) is 55.8 Å². The molecular formula is C20H22N6O6S. The summed E-state index contributed by atoms with van der Waals surface area (Å²) in [6.45, 7) is 2.26. The molecule has 0 aliphatic carbocycles. The molecule has 0 N–H and O–H groups in total. The number of hydrogen-bond acceptors (Lipinski definition) is 11. The number of aliphatic imine (C=N–C) groups is 4. The van der Waals surface area contributed by atoms with Crippen LogP contribution < -0.4 is 0 Å². The second kappa shape index (κ2) is 11.4. The summed E-state index contributed by atoms with van der Waals surface area (Å²) in [4.78, 5) is 50.1. The highest BCUT2D eigenvalue weighted by molar-refractivity contribution is 8.14. The molecule has 0 radical (unpaired) electrons. The smallest absolute Gasteiger partial charge is 0.338 e. The van der Waals surface area contributed by atoms with Gasteiger partial charge < -0.3 is 4.74 Å². The molecule has 0 spiro atoms. The van der Waals surface area contributed by atoms with Gasteiger partial charge >= 0.3 is 5.97 Å². The SMILES string of the molecule is CCCCCCCCOC(=O)c1cc([N+](=O)[O-])c(SC2=NC=NC3=NC=NC32)c([N+](=O)[O-])c1. The predicted octanol–water partition coefficient (Wildman–Crippen LogP) is 4.36. The Morgan fingerprint density at radius 1 is 1.03 bits per heavy atom. The van der Waals surface area contributed by atoms with Crippen molar-refractivity contribution in [2.45, 2.75) is 56.4 Å². The molecule has 1 aromatic carbocycles. The summed E-state index contributed by atoms with van der Waals surface area (Å²) in [6.07, 6.45) is 8.45. The van der Waals surface area contributed by atoms with E-state index >= 15 is 0 Å². The quantitative estimate of drug-likeness (QED) is 0.199. The molecule has 0 fully saturated rings. The van der Waals surface area contributed by atoms with E-state index in [1.54, 1.807) is 0 Å². The molecule has 2 aliphatic rings. The van der Waals surface area contributed by atoms with Crippen LogP contribution in [0.3, 0.4) is 0 Å². The van der Waals surface area contributed by atoms with Crippen LogP contribution in [-0.2, 0) is 4.74 Å². The third-order valence-electron chi connectivity index (χ3n) is 4.88. The van der Waals surface area contributed by atoms with Crippen molar-refractivity contribution in [1.29, 1.82) is 0 Å². The third kappa shape index (κ3) is 6.06. The van der Waals surface area contributed by atoms with Crippen molar-refractivity contribution in [2.75, 3.05) is 6.61 Å². The number of nitro groups is 2. The molecule has 1 atom stereocenters. The fourth-order valence-corrected chi connectivity index (χ4v) is 4.26. The molecule has 1 aromatic rings. The van der Waals surface area contributed by atoms with Crippen molar-refractivity contribution in [3.05, 3.63) is 37.9 Å². The summed E-state index contributed by atoms with van der Waals surface area (Å²) in [7, 11) is 0. The average molecular weight is 474 g/mol. The van der Waals surface area contributed by atoms with Crippen molar-refractivity contribution in [2.24, 2.45) is 20.0 Å². The number of carbonyl (C=O) groups is 1. The summed E-state index contributed by atoms with van der Waals surface area (Å²) in [5.41, 5.74) is -1.44. The highest BCUT2D eigenvalue weighted by Crippen LogP contribution is 2.41. The molecule has 0 amide bonds. The Hall–Kier alpha value is -3.48. The van der Waals surface area contributed by atoms with E-state index in [9.17, 15) is 25.0 Å². The first-order chi connectivity index (χ1) is 15.9. The molecule has 0 bridgehead atoms. The van der Waals surface area contributed by atoms with Crippen LogP contribution in [0.5, 0.6) is 0 Å². The molecule has 174 valence electrons. The van der Waals surface area contributed by atoms with Crippen LogP contribution in [0.15, 0.2) is 37.0 Å². The molecule has 3 rings (SSSR count). The Balaban J connectivity index is 1.79. The fraction of sp³-hybridized carbons (Fsp3) is 0.450. The number of ether oxygens (including phenoxy) is 1. The van der Waals surface area contributed by atoms with Crippen LogP contribution >= 0.6 is 11.8 Å². The zero-order chi connectivity index (χ0) is 23.8. The summed E-state index contributed by atoms with van der Waals surface area (Å²) in [6, 6.07) is 1.30. The number of unbranched alkanes of at least 4 members (excludes halogenated alkanes) is 5. The van der Waals surface area contributed by atoms with Gasteiger partial charge in [-0.25, -0.2) is 19.8 Å². The van der Waals surface area contributed by atoms with Crippen LogP contribution in [-0.4, -0.2) is 52.0 Å². The highest BCUT2D eigenvalue weighted by atomic mass is 32.2. The molecule has 12 nitrogen and oxygen atoms in total. The first-order valence-electron chi connectivity index (χ1n) is 10.4. The molecule has 2 aliphatic heterocycles. The fourth-order valence-electron chi connectivity index (χ4n) is 3.20. The van der Waals surface area contributed by atoms with Crippen molar-refractivity contribution in [3.8, 4) is 0 Å². The van der Waals surface area contributed by atoms with E-state index in [0.29, 0.717) is 12.3 Å². The number of thioether (sulfide) groups is 1. The monoisotopic (exact) mass is 474 g/mol. The lowest BCUT2D eigenvalue weighted by Gasteiger charge is -2.14. The Kier molecular flexibility index (Phi) is 8.35. The van der Waals surface area contributed by atoms with Gasteiger partial charge in [0.25, 0.3) is 11.4 Å². The zero-order valence-corrected chi connectivity index (χ0v) is 18.7. The second-order valence-electron chi connectivity index (χ2n) is 7.23. The Morgan fingerprint density at radius 2 is 1.70 bits per heavy atom. The van der Waals surface area contributed by atoms with Crippen molar-refractivity contribution in [3.63, 3.8) is 0 Å². The standard InChI is InChI=1S/C20H22N6O6S/c1-2-3-4-5-6-7-8-32-20(27)13-9-14(25(28)29)17(15(10-13)26(30)31)33-19-16-18(22-11-21-16)23-12-24-19/h9-12,16H,2-8H2,1H3. The van der Waals surface area contributed by atoms with E-state index in [0.717, 1.165) is 56.0 Å². The first-order valence-corrected chi connectivity index (χ1v) is 11.3. The number of esters is 1. The van der Waals surface area contributed by atoms with Crippen molar-refractivity contribution >= 4 is 52.7 Å². The van der Waals surface area contributed by atoms with Crippen molar-refractivity contribution < 1.29 is 19.4 Å². The number of hydrogen-bond donors (Lipinski definition) is 0. The molecular weight excluding hydrogens is 452 g/mol. The van der Waals surface area contributed by atoms with E-state index in [2.05, 4.69) is 26.9 Å². The molecule has 0 saturated carbocycles. The van der Waals surface area contributed by atoms with E-state index in [1.165, 1.54) is 12.7 Å². The van der Waals surface area contributed by atoms with Gasteiger partial charge in [0.05, 0.1) is 22.0 Å². The van der Waals surface area contributed by atoms with Crippen LogP contribution in [0, 0.1) is 20.2 Å². The highest BCUT2D eigenvalue weighted by Gasteiger charge is 2.34. The molecule has 13 heteroatoms. The minimum Gasteiger partial charge on any atom is -0.462 e. The lowest BCUT2D eigenvalue weighted by Crippen LogP contribution is -2.25. The number of carbonyl (C=O) groups excluding carboxylic acids is 1. The maximum atomic E-state index is 12.4. The largest absolute Gasteiger partial charge is 0.462 e. The van der Waals surface area contributed by atoms with E-state index in [1.807, 2.05) is 0 Å². The molecule has 1 unspecified atom stereocenters. The van der Waals surface area contributed by atoms with Crippen LogP contribution in [0.2, 0.25) is 0 Å².